The number of hydrogen-bond acceptors (Lipinski definition) is 5. The average Bonchev–Trinajstić information content (AvgIpc) is 2.83. The molecule has 2 heterocycles. The molecule has 8 nitrogen and oxygen atoms in total. The first-order valence-electron chi connectivity index (χ1n) is 8.26. The van der Waals surface area contributed by atoms with Gasteiger partial charge in [0.2, 0.25) is 15.9 Å². The number of nitrogens with zero attached hydrogens (tertiary/aromatic N) is 3. The van der Waals surface area contributed by atoms with Crippen molar-refractivity contribution in [1.82, 2.24) is 19.4 Å². The maximum absolute atomic E-state index is 12.9. The number of morpholine rings is 1. The van der Waals surface area contributed by atoms with E-state index in [1.165, 1.54) is 8.99 Å². The van der Waals surface area contributed by atoms with Gasteiger partial charge in [-0.3, -0.25) is 9.48 Å². The van der Waals surface area contributed by atoms with Gasteiger partial charge >= 0.3 is 0 Å². The molecule has 0 bridgehead atoms. The lowest BCUT2D eigenvalue weighted by atomic mass is 10.3. The van der Waals surface area contributed by atoms with Gasteiger partial charge in [0.1, 0.15) is 11.4 Å². The van der Waals surface area contributed by atoms with Crippen LogP contribution in [-0.4, -0.2) is 61.3 Å². The normalized spacial score (nSPS) is 16.3. The van der Waals surface area contributed by atoms with Crippen LogP contribution in [0.4, 0.5) is 0 Å². The summed E-state index contributed by atoms with van der Waals surface area (Å²) in [5, 5.41) is 7.07. The van der Waals surface area contributed by atoms with E-state index in [4.69, 9.17) is 4.74 Å². The number of rotatable bonds is 7. The lowest BCUT2D eigenvalue weighted by Crippen LogP contribution is -2.41. The molecule has 0 spiro atoms. The highest BCUT2D eigenvalue weighted by Crippen LogP contribution is 2.24. The number of nitrogens with one attached hydrogen (secondary N) is 1. The lowest BCUT2D eigenvalue weighted by Gasteiger charge is -2.26. The number of aromatic nitrogens is 2. The molecule has 1 aliphatic rings. The third-order valence-electron chi connectivity index (χ3n) is 4.03. The Hall–Kier alpha value is -1.45. The van der Waals surface area contributed by atoms with Crippen LogP contribution in [-0.2, 0) is 26.1 Å². The molecule has 0 saturated carbocycles. The van der Waals surface area contributed by atoms with E-state index in [1.54, 1.807) is 13.8 Å². The first-order chi connectivity index (χ1) is 11.4. The van der Waals surface area contributed by atoms with Gasteiger partial charge in [0.25, 0.3) is 0 Å². The summed E-state index contributed by atoms with van der Waals surface area (Å²) < 4.78 is 33.8. The van der Waals surface area contributed by atoms with Crippen molar-refractivity contribution in [2.75, 3.05) is 32.8 Å². The van der Waals surface area contributed by atoms with Gasteiger partial charge in [-0.1, -0.05) is 13.3 Å². The Bertz CT molecular complexity index is 678. The van der Waals surface area contributed by atoms with Crippen LogP contribution >= 0.6 is 0 Å². The first kappa shape index (κ1) is 18.9. The number of carbonyl (C=O) groups is 1. The fraction of sp³-hybridized carbons (Fsp3) is 0.733. The molecule has 1 aliphatic heterocycles. The third kappa shape index (κ3) is 4.14. The molecule has 2 rings (SSSR count). The number of aryl methyl sites for hydroxylation is 1. The molecule has 1 saturated heterocycles. The van der Waals surface area contributed by atoms with E-state index in [0.29, 0.717) is 44.2 Å². The van der Waals surface area contributed by atoms with Crippen LogP contribution in [0.1, 0.15) is 31.2 Å². The molecule has 0 aromatic carbocycles. The number of unbranched alkanes of at least 4 members (excludes halogenated alkanes) is 1. The number of sulfonamides is 1. The quantitative estimate of drug-likeness (QED) is 0.714. The van der Waals surface area contributed by atoms with Gasteiger partial charge in [0, 0.05) is 19.6 Å². The Balaban J connectivity index is 2.17. The second kappa shape index (κ2) is 8.09. The lowest BCUT2D eigenvalue weighted by molar-refractivity contribution is -0.121. The summed E-state index contributed by atoms with van der Waals surface area (Å²) in [5.41, 5.74) is 0.907. The molecular formula is C15H26N4O4S. The van der Waals surface area contributed by atoms with Gasteiger partial charge in [0.15, 0.2) is 0 Å². The summed E-state index contributed by atoms with van der Waals surface area (Å²) in [6, 6.07) is 0. The molecule has 0 radical (unpaired) electrons. The molecule has 1 N–H and O–H groups in total. The topological polar surface area (TPSA) is 93.5 Å². The maximum Gasteiger partial charge on any atom is 0.246 e. The second-order valence-corrected chi connectivity index (χ2v) is 7.75. The minimum atomic E-state index is -3.62. The van der Waals surface area contributed by atoms with E-state index in [-0.39, 0.29) is 17.3 Å². The zero-order chi connectivity index (χ0) is 17.7. The van der Waals surface area contributed by atoms with Gasteiger partial charge < -0.3 is 10.1 Å². The van der Waals surface area contributed by atoms with Crippen molar-refractivity contribution in [3.05, 3.63) is 11.4 Å². The second-order valence-electron chi connectivity index (χ2n) is 5.88. The third-order valence-corrected chi connectivity index (χ3v) is 6.18. The maximum atomic E-state index is 12.9. The highest BCUT2D eigenvalue weighted by Gasteiger charge is 2.32. The van der Waals surface area contributed by atoms with Gasteiger partial charge in [-0.05, 0) is 20.3 Å². The number of ether oxygens (including phenoxy) is 1. The fourth-order valence-corrected chi connectivity index (χ4v) is 4.50. The summed E-state index contributed by atoms with van der Waals surface area (Å²) in [4.78, 5) is 12.2. The molecular weight excluding hydrogens is 332 g/mol. The van der Waals surface area contributed by atoms with Gasteiger partial charge in [0.05, 0.1) is 24.6 Å². The first-order valence-corrected chi connectivity index (χ1v) is 9.70. The molecule has 136 valence electrons. The monoisotopic (exact) mass is 358 g/mol. The van der Waals surface area contributed by atoms with Crippen molar-refractivity contribution < 1.29 is 17.9 Å². The molecule has 0 atom stereocenters. The van der Waals surface area contributed by atoms with Crippen LogP contribution in [0.25, 0.3) is 0 Å². The van der Waals surface area contributed by atoms with E-state index in [1.807, 2.05) is 0 Å². The van der Waals surface area contributed by atoms with E-state index in [2.05, 4.69) is 17.3 Å². The molecule has 0 aliphatic carbocycles. The van der Waals surface area contributed by atoms with E-state index >= 15 is 0 Å². The predicted octanol–water partition coefficient (Wildman–Crippen LogP) is 0.437. The molecule has 1 amide bonds. The van der Waals surface area contributed by atoms with Crippen LogP contribution in [0.5, 0.6) is 0 Å². The smallest absolute Gasteiger partial charge is 0.246 e. The van der Waals surface area contributed by atoms with Crippen LogP contribution < -0.4 is 5.32 Å². The Morgan fingerprint density at radius 1 is 1.29 bits per heavy atom. The molecule has 0 unspecified atom stereocenters. The summed E-state index contributed by atoms with van der Waals surface area (Å²) in [5.74, 6) is -0.163. The summed E-state index contributed by atoms with van der Waals surface area (Å²) >= 11 is 0. The van der Waals surface area contributed by atoms with Gasteiger partial charge in [-0.2, -0.15) is 9.40 Å². The Morgan fingerprint density at radius 3 is 2.58 bits per heavy atom. The minimum Gasteiger partial charge on any atom is -0.379 e. The number of hydrogen-bond donors (Lipinski definition) is 1. The van der Waals surface area contributed by atoms with Crippen LogP contribution in [0, 0.1) is 13.8 Å². The summed E-state index contributed by atoms with van der Waals surface area (Å²) in [7, 11) is -3.62. The molecule has 9 heteroatoms. The fourth-order valence-electron chi connectivity index (χ4n) is 2.72. The van der Waals surface area contributed by atoms with Crippen molar-refractivity contribution in [2.24, 2.45) is 0 Å². The molecule has 1 fully saturated rings. The minimum absolute atomic E-state index is 0.0228. The summed E-state index contributed by atoms with van der Waals surface area (Å²) in [6.45, 7) is 7.50. The van der Waals surface area contributed by atoms with Crippen molar-refractivity contribution in [3.63, 3.8) is 0 Å². The predicted molar refractivity (Wildman–Crippen MR) is 89.2 cm³/mol. The zero-order valence-electron chi connectivity index (χ0n) is 14.5. The highest BCUT2D eigenvalue weighted by molar-refractivity contribution is 7.89. The largest absolute Gasteiger partial charge is 0.379 e. The average molecular weight is 358 g/mol. The standard InChI is InChI=1S/C15H26N4O4S/c1-4-5-6-16-14(20)11-19-13(3)15(12(2)17-19)24(21,22)18-7-9-23-10-8-18/h4-11H2,1-3H3,(H,16,20). The molecule has 1 aromatic rings. The zero-order valence-corrected chi connectivity index (χ0v) is 15.4. The number of amides is 1. The van der Waals surface area contributed by atoms with Crippen molar-refractivity contribution in [2.45, 2.75) is 45.1 Å². The summed E-state index contributed by atoms with van der Waals surface area (Å²) in [6.07, 6.45) is 1.92. The number of carbonyl (C=O) groups excluding carboxylic acids is 1. The Morgan fingerprint density at radius 2 is 1.96 bits per heavy atom. The molecule has 24 heavy (non-hydrogen) atoms. The SMILES string of the molecule is CCCCNC(=O)Cn1nc(C)c(S(=O)(=O)N2CCOCC2)c1C. The van der Waals surface area contributed by atoms with E-state index in [9.17, 15) is 13.2 Å². The van der Waals surface area contributed by atoms with Crippen molar-refractivity contribution in [3.8, 4) is 0 Å². The van der Waals surface area contributed by atoms with Gasteiger partial charge in [-0.25, -0.2) is 8.42 Å². The van der Waals surface area contributed by atoms with Crippen LogP contribution in [0.2, 0.25) is 0 Å². The van der Waals surface area contributed by atoms with Gasteiger partial charge in [-0.15, -0.1) is 0 Å². The van der Waals surface area contributed by atoms with Crippen LogP contribution in [0.3, 0.4) is 0 Å². The van der Waals surface area contributed by atoms with E-state index < -0.39 is 10.0 Å². The van der Waals surface area contributed by atoms with E-state index in [0.717, 1.165) is 12.8 Å². The van der Waals surface area contributed by atoms with Crippen molar-refractivity contribution >= 4 is 15.9 Å². The highest BCUT2D eigenvalue weighted by atomic mass is 32.2. The van der Waals surface area contributed by atoms with Crippen molar-refractivity contribution in [1.29, 1.82) is 0 Å². The molecule has 1 aromatic heterocycles. The van der Waals surface area contributed by atoms with Crippen LogP contribution in [0.15, 0.2) is 4.90 Å². The Kier molecular flexibility index (Phi) is 6.36. The Labute approximate surface area is 143 Å².